The molecule has 17 heavy (non-hydrogen) atoms. The van der Waals surface area contributed by atoms with Crippen LogP contribution in [0.4, 0.5) is 0 Å². The maximum absolute atomic E-state index is 5.66. The van der Waals surface area contributed by atoms with Crippen LogP contribution in [0.2, 0.25) is 0 Å². The van der Waals surface area contributed by atoms with Crippen molar-refractivity contribution in [1.29, 1.82) is 0 Å². The highest BCUT2D eigenvalue weighted by Gasteiger charge is 2.04. The van der Waals surface area contributed by atoms with E-state index in [2.05, 4.69) is 10.2 Å². The predicted octanol–water partition coefficient (Wildman–Crippen LogP) is 2.92. The Labute approximate surface area is 109 Å². The molecule has 0 saturated heterocycles. The molecule has 90 valence electrons. The molecular weight excluding hydrogens is 256 g/mol. The van der Waals surface area contributed by atoms with Crippen LogP contribution in [0.5, 0.6) is 5.75 Å². The molecule has 0 fully saturated rings. The predicted molar refractivity (Wildman–Crippen MR) is 70.1 cm³/mol. The van der Waals surface area contributed by atoms with Crippen molar-refractivity contribution in [3.8, 4) is 5.75 Å². The van der Waals surface area contributed by atoms with Crippen LogP contribution >= 0.6 is 22.9 Å². The number of hydrogen-bond donors (Lipinski definition) is 0. The zero-order valence-electron chi connectivity index (χ0n) is 9.52. The minimum Gasteiger partial charge on any atom is -0.497 e. The van der Waals surface area contributed by atoms with Gasteiger partial charge in [0.15, 0.2) is 0 Å². The molecule has 2 rings (SSSR count). The van der Waals surface area contributed by atoms with Crippen molar-refractivity contribution in [2.24, 2.45) is 0 Å². The molecule has 0 spiro atoms. The van der Waals surface area contributed by atoms with E-state index in [4.69, 9.17) is 16.3 Å². The largest absolute Gasteiger partial charge is 0.497 e. The SMILES string of the molecule is COc1ccc(Cc2nnc(CCCl)s2)cc1. The number of hydrogen-bond acceptors (Lipinski definition) is 4. The second-order valence-corrected chi connectivity index (χ2v) is 5.08. The molecule has 1 aromatic carbocycles. The highest BCUT2D eigenvalue weighted by atomic mass is 35.5. The summed E-state index contributed by atoms with van der Waals surface area (Å²) in [4.78, 5) is 0. The lowest BCUT2D eigenvalue weighted by Crippen LogP contribution is -1.88. The molecule has 0 atom stereocenters. The summed E-state index contributed by atoms with van der Waals surface area (Å²) in [5, 5.41) is 10.3. The van der Waals surface area contributed by atoms with Crippen molar-refractivity contribution in [1.82, 2.24) is 10.2 Å². The maximum atomic E-state index is 5.66. The average Bonchev–Trinajstić information content (AvgIpc) is 2.78. The minimum absolute atomic E-state index is 0.594. The van der Waals surface area contributed by atoms with Gasteiger partial charge in [-0.1, -0.05) is 12.1 Å². The van der Waals surface area contributed by atoms with Gasteiger partial charge in [-0.05, 0) is 17.7 Å². The summed E-state index contributed by atoms with van der Waals surface area (Å²) in [5.41, 5.74) is 1.21. The summed E-state index contributed by atoms with van der Waals surface area (Å²) in [6.07, 6.45) is 1.60. The van der Waals surface area contributed by atoms with Gasteiger partial charge in [-0.15, -0.1) is 33.1 Å². The number of methoxy groups -OCH3 is 1. The number of benzene rings is 1. The molecule has 0 saturated carbocycles. The van der Waals surface area contributed by atoms with Crippen LogP contribution in [0.1, 0.15) is 15.6 Å². The molecule has 0 radical (unpaired) electrons. The lowest BCUT2D eigenvalue weighted by Gasteiger charge is -2.00. The van der Waals surface area contributed by atoms with Crippen LogP contribution < -0.4 is 4.74 Å². The molecule has 5 heteroatoms. The van der Waals surface area contributed by atoms with E-state index in [-0.39, 0.29) is 0 Å². The van der Waals surface area contributed by atoms with Gasteiger partial charge < -0.3 is 4.74 Å². The van der Waals surface area contributed by atoms with E-state index in [0.29, 0.717) is 5.88 Å². The van der Waals surface area contributed by atoms with Gasteiger partial charge in [-0.3, -0.25) is 0 Å². The Morgan fingerprint density at radius 3 is 2.53 bits per heavy atom. The van der Waals surface area contributed by atoms with E-state index < -0.39 is 0 Å². The summed E-state index contributed by atoms with van der Waals surface area (Å²) in [6.45, 7) is 0. The molecule has 0 bridgehead atoms. The van der Waals surface area contributed by atoms with E-state index in [1.54, 1.807) is 18.4 Å². The monoisotopic (exact) mass is 268 g/mol. The highest BCUT2D eigenvalue weighted by molar-refractivity contribution is 7.11. The Balaban J connectivity index is 2.03. The Kier molecular flexibility index (Phi) is 4.34. The Morgan fingerprint density at radius 2 is 1.88 bits per heavy atom. The molecule has 1 heterocycles. The maximum Gasteiger partial charge on any atom is 0.121 e. The summed E-state index contributed by atoms with van der Waals surface area (Å²) < 4.78 is 5.12. The molecule has 0 unspecified atom stereocenters. The average molecular weight is 269 g/mol. The van der Waals surface area contributed by atoms with E-state index in [0.717, 1.165) is 28.6 Å². The third-order valence-electron chi connectivity index (χ3n) is 2.33. The van der Waals surface area contributed by atoms with Crippen molar-refractivity contribution in [2.75, 3.05) is 13.0 Å². The first kappa shape index (κ1) is 12.3. The van der Waals surface area contributed by atoms with Gasteiger partial charge in [-0.25, -0.2) is 0 Å². The Hall–Kier alpha value is -1.13. The van der Waals surface area contributed by atoms with Crippen LogP contribution in [0.15, 0.2) is 24.3 Å². The third-order valence-corrected chi connectivity index (χ3v) is 3.50. The summed E-state index contributed by atoms with van der Waals surface area (Å²) in [7, 11) is 1.66. The molecule has 0 aliphatic rings. The number of halogens is 1. The van der Waals surface area contributed by atoms with Gasteiger partial charge in [0.2, 0.25) is 0 Å². The molecule has 0 aliphatic heterocycles. The fraction of sp³-hybridized carbons (Fsp3) is 0.333. The summed E-state index contributed by atoms with van der Waals surface area (Å²) in [5.74, 6) is 1.46. The second-order valence-electron chi connectivity index (χ2n) is 3.55. The van der Waals surface area contributed by atoms with Crippen LogP contribution in [0.3, 0.4) is 0 Å². The first-order valence-electron chi connectivity index (χ1n) is 5.32. The molecule has 0 N–H and O–H groups in total. The molecule has 2 aromatic rings. The Bertz CT molecular complexity index is 470. The lowest BCUT2D eigenvalue weighted by molar-refractivity contribution is 0.414. The first-order valence-corrected chi connectivity index (χ1v) is 6.67. The zero-order valence-corrected chi connectivity index (χ0v) is 11.1. The van der Waals surface area contributed by atoms with Crippen LogP contribution in [0.25, 0.3) is 0 Å². The van der Waals surface area contributed by atoms with E-state index in [1.807, 2.05) is 24.3 Å². The van der Waals surface area contributed by atoms with Crippen molar-refractivity contribution in [3.05, 3.63) is 39.8 Å². The van der Waals surface area contributed by atoms with Gasteiger partial charge >= 0.3 is 0 Å². The molecule has 1 aromatic heterocycles. The van der Waals surface area contributed by atoms with Crippen molar-refractivity contribution < 1.29 is 4.74 Å². The lowest BCUT2D eigenvalue weighted by atomic mass is 10.1. The number of aromatic nitrogens is 2. The van der Waals surface area contributed by atoms with Gasteiger partial charge in [0.1, 0.15) is 15.8 Å². The Morgan fingerprint density at radius 1 is 1.18 bits per heavy atom. The van der Waals surface area contributed by atoms with Crippen molar-refractivity contribution in [2.45, 2.75) is 12.8 Å². The number of alkyl halides is 1. The highest BCUT2D eigenvalue weighted by Crippen LogP contribution is 2.17. The van der Waals surface area contributed by atoms with Crippen LogP contribution in [-0.4, -0.2) is 23.2 Å². The number of rotatable bonds is 5. The van der Waals surface area contributed by atoms with Crippen LogP contribution in [0, 0.1) is 0 Å². The van der Waals surface area contributed by atoms with Gasteiger partial charge in [0.05, 0.1) is 7.11 Å². The smallest absolute Gasteiger partial charge is 0.121 e. The second kappa shape index (κ2) is 5.98. The third kappa shape index (κ3) is 3.41. The van der Waals surface area contributed by atoms with E-state index in [9.17, 15) is 0 Å². The normalized spacial score (nSPS) is 10.5. The van der Waals surface area contributed by atoms with Crippen molar-refractivity contribution >= 4 is 22.9 Å². The van der Waals surface area contributed by atoms with Gasteiger partial charge in [0, 0.05) is 18.7 Å². The topological polar surface area (TPSA) is 35.0 Å². The molecule has 0 aliphatic carbocycles. The van der Waals surface area contributed by atoms with Gasteiger partial charge in [0.25, 0.3) is 0 Å². The number of aryl methyl sites for hydroxylation is 1. The first-order chi connectivity index (χ1) is 8.31. The molecular formula is C12H13ClN2OS. The fourth-order valence-corrected chi connectivity index (χ4v) is 2.63. The van der Waals surface area contributed by atoms with E-state index in [1.165, 1.54) is 5.56 Å². The zero-order chi connectivity index (χ0) is 12.1. The number of nitrogens with zero attached hydrogens (tertiary/aromatic N) is 2. The van der Waals surface area contributed by atoms with Crippen molar-refractivity contribution in [3.63, 3.8) is 0 Å². The summed E-state index contributed by atoms with van der Waals surface area (Å²) >= 11 is 7.29. The molecule has 0 amide bonds. The van der Waals surface area contributed by atoms with Gasteiger partial charge in [-0.2, -0.15) is 0 Å². The standard InChI is InChI=1S/C12H13ClN2OS/c1-16-10-4-2-9(3-5-10)8-12-15-14-11(17-12)6-7-13/h2-5H,6-8H2,1H3. The summed E-state index contributed by atoms with van der Waals surface area (Å²) in [6, 6.07) is 8.00. The van der Waals surface area contributed by atoms with Crippen LogP contribution in [-0.2, 0) is 12.8 Å². The molecule has 3 nitrogen and oxygen atoms in total. The minimum atomic E-state index is 0.594. The number of ether oxygens (including phenoxy) is 1. The fourth-order valence-electron chi connectivity index (χ4n) is 1.46. The van der Waals surface area contributed by atoms with E-state index >= 15 is 0 Å². The quantitative estimate of drug-likeness (QED) is 0.782.